The monoisotopic (exact) mass is 395 g/mol. The van der Waals surface area contributed by atoms with Crippen LogP contribution in [-0.2, 0) is 0 Å². The van der Waals surface area contributed by atoms with Crippen LogP contribution in [0.2, 0.25) is 0 Å². The standard InChI is InChI=1S/C21H21N3O5/c1-11(23-20(26)13-5-3-6-14(25)9-13)10-29-16-8-4-7-15-18(16)19(22)17(21(27)28)12(2)24-15/h3-9,11,25H,10H2,1-2H3,(H2,22,24)(H,23,26)(H,27,28)/t11-/m0/s1. The number of carboxylic acid groups (broad SMARTS) is 1. The van der Waals surface area contributed by atoms with Gasteiger partial charge in [0.1, 0.15) is 23.7 Å². The van der Waals surface area contributed by atoms with Crippen molar-refractivity contribution in [3.63, 3.8) is 0 Å². The normalized spacial score (nSPS) is 11.8. The molecule has 3 aromatic rings. The average molecular weight is 395 g/mol. The second-order valence-corrected chi connectivity index (χ2v) is 6.68. The number of hydrogen-bond acceptors (Lipinski definition) is 6. The lowest BCUT2D eigenvalue weighted by Crippen LogP contribution is -2.36. The first kappa shape index (κ1) is 19.9. The van der Waals surface area contributed by atoms with E-state index in [2.05, 4.69) is 10.3 Å². The van der Waals surface area contributed by atoms with Crippen LogP contribution in [0.4, 0.5) is 5.69 Å². The molecule has 5 N–H and O–H groups in total. The third-order valence-electron chi connectivity index (χ3n) is 4.38. The van der Waals surface area contributed by atoms with E-state index in [1.807, 2.05) is 0 Å². The Labute approximate surface area is 166 Å². The number of benzene rings is 2. The number of phenols is 1. The molecule has 150 valence electrons. The summed E-state index contributed by atoms with van der Waals surface area (Å²) in [7, 11) is 0. The fraction of sp³-hybridized carbons (Fsp3) is 0.190. The Morgan fingerprint density at radius 3 is 2.66 bits per heavy atom. The Kier molecular flexibility index (Phi) is 5.54. The molecule has 1 amide bonds. The summed E-state index contributed by atoms with van der Waals surface area (Å²) in [5.41, 5.74) is 7.32. The molecule has 3 rings (SSSR count). The number of carbonyl (C=O) groups is 2. The number of ether oxygens (including phenoxy) is 1. The van der Waals surface area contributed by atoms with E-state index in [1.165, 1.54) is 12.1 Å². The van der Waals surface area contributed by atoms with Crippen molar-refractivity contribution in [3.05, 3.63) is 59.3 Å². The van der Waals surface area contributed by atoms with E-state index in [0.717, 1.165) is 0 Å². The Balaban J connectivity index is 1.79. The summed E-state index contributed by atoms with van der Waals surface area (Å²) in [6.07, 6.45) is 0. The summed E-state index contributed by atoms with van der Waals surface area (Å²) in [5, 5.41) is 22.1. The smallest absolute Gasteiger partial charge is 0.339 e. The molecule has 8 nitrogen and oxygen atoms in total. The Bertz CT molecular complexity index is 1100. The summed E-state index contributed by atoms with van der Waals surface area (Å²) in [6.45, 7) is 3.48. The quantitative estimate of drug-likeness (QED) is 0.504. The van der Waals surface area contributed by atoms with E-state index in [1.54, 1.807) is 44.2 Å². The molecule has 1 atom stereocenters. The minimum atomic E-state index is -1.16. The van der Waals surface area contributed by atoms with Crippen molar-refractivity contribution in [2.75, 3.05) is 12.3 Å². The highest BCUT2D eigenvalue weighted by molar-refractivity contribution is 6.06. The summed E-state index contributed by atoms with van der Waals surface area (Å²) in [6, 6.07) is 10.8. The molecule has 0 unspecified atom stereocenters. The van der Waals surface area contributed by atoms with E-state index in [0.29, 0.717) is 27.9 Å². The zero-order valence-electron chi connectivity index (χ0n) is 16.0. The number of carbonyl (C=O) groups excluding carboxylic acids is 1. The molecule has 0 fully saturated rings. The van der Waals surface area contributed by atoms with Crippen LogP contribution >= 0.6 is 0 Å². The Morgan fingerprint density at radius 1 is 1.24 bits per heavy atom. The van der Waals surface area contributed by atoms with E-state index in [-0.39, 0.29) is 35.6 Å². The zero-order valence-corrected chi connectivity index (χ0v) is 16.0. The number of nitrogens with one attached hydrogen (secondary N) is 1. The lowest BCUT2D eigenvalue weighted by Gasteiger charge is -2.17. The molecule has 0 aliphatic rings. The number of nitrogens with zero attached hydrogens (tertiary/aromatic N) is 1. The molecule has 1 heterocycles. The fourth-order valence-electron chi connectivity index (χ4n) is 3.04. The predicted molar refractivity (Wildman–Crippen MR) is 108 cm³/mol. The average Bonchev–Trinajstić information content (AvgIpc) is 2.65. The largest absolute Gasteiger partial charge is 0.508 e. The maximum atomic E-state index is 12.3. The topological polar surface area (TPSA) is 135 Å². The molecule has 29 heavy (non-hydrogen) atoms. The minimum Gasteiger partial charge on any atom is -0.508 e. The summed E-state index contributed by atoms with van der Waals surface area (Å²) < 4.78 is 5.82. The van der Waals surface area contributed by atoms with Crippen LogP contribution in [0.15, 0.2) is 42.5 Å². The SMILES string of the molecule is Cc1nc2cccc(OC[C@H](C)NC(=O)c3cccc(O)c3)c2c(N)c1C(=O)O. The van der Waals surface area contributed by atoms with E-state index in [4.69, 9.17) is 10.5 Å². The maximum Gasteiger partial charge on any atom is 0.339 e. The van der Waals surface area contributed by atoms with Crippen molar-refractivity contribution in [3.8, 4) is 11.5 Å². The van der Waals surface area contributed by atoms with E-state index >= 15 is 0 Å². The van der Waals surface area contributed by atoms with Crippen molar-refractivity contribution in [1.82, 2.24) is 10.3 Å². The van der Waals surface area contributed by atoms with Crippen LogP contribution in [0.3, 0.4) is 0 Å². The minimum absolute atomic E-state index is 0.00446. The van der Waals surface area contributed by atoms with Crippen LogP contribution in [0.1, 0.15) is 33.3 Å². The van der Waals surface area contributed by atoms with Crippen LogP contribution in [-0.4, -0.2) is 39.7 Å². The van der Waals surface area contributed by atoms with Crippen LogP contribution in [0.5, 0.6) is 11.5 Å². The molecule has 0 saturated carbocycles. The third-order valence-corrected chi connectivity index (χ3v) is 4.38. The van der Waals surface area contributed by atoms with E-state index < -0.39 is 5.97 Å². The number of aromatic hydroxyl groups is 1. The van der Waals surface area contributed by atoms with Gasteiger partial charge in [-0.05, 0) is 44.2 Å². The number of amides is 1. The predicted octanol–water partition coefficient (Wildman–Crippen LogP) is 2.73. The Hall–Kier alpha value is -3.81. The van der Waals surface area contributed by atoms with Crippen molar-refractivity contribution in [2.24, 2.45) is 0 Å². The second kappa shape index (κ2) is 8.05. The Morgan fingerprint density at radius 2 is 1.97 bits per heavy atom. The van der Waals surface area contributed by atoms with Crippen molar-refractivity contribution in [1.29, 1.82) is 0 Å². The molecule has 0 saturated heterocycles. The van der Waals surface area contributed by atoms with E-state index in [9.17, 15) is 19.8 Å². The van der Waals surface area contributed by atoms with Crippen molar-refractivity contribution < 1.29 is 24.5 Å². The number of anilines is 1. The molecular weight excluding hydrogens is 374 g/mol. The van der Waals surface area contributed by atoms with Crippen LogP contribution in [0.25, 0.3) is 10.9 Å². The number of fused-ring (bicyclic) bond motifs is 1. The number of pyridine rings is 1. The molecular formula is C21H21N3O5. The van der Waals surface area contributed by atoms with Gasteiger partial charge in [-0.1, -0.05) is 12.1 Å². The van der Waals surface area contributed by atoms with Gasteiger partial charge in [0.05, 0.1) is 28.3 Å². The first-order valence-corrected chi connectivity index (χ1v) is 8.92. The first-order valence-electron chi connectivity index (χ1n) is 8.92. The van der Waals surface area contributed by atoms with Gasteiger partial charge in [-0.15, -0.1) is 0 Å². The number of nitrogen functional groups attached to an aromatic ring is 1. The van der Waals surface area contributed by atoms with Crippen molar-refractivity contribution >= 4 is 28.5 Å². The van der Waals surface area contributed by atoms with Gasteiger partial charge in [0.15, 0.2) is 0 Å². The lowest BCUT2D eigenvalue weighted by molar-refractivity contribution is 0.0696. The molecule has 8 heteroatoms. The van der Waals surface area contributed by atoms with Crippen molar-refractivity contribution in [2.45, 2.75) is 19.9 Å². The van der Waals surface area contributed by atoms with Gasteiger partial charge in [-0.3, -0.25) is 9.78 Å². The number of carboxylic acids is 1. The summed E-state index contributed by atoms with van der Waals surface area (Å²) in [4.78, 5) is 28.1. The molecule has 1 aromatic heterocycles. The summed E-state index contributed by atoms with van der Waals surface area (Å²) in [5.74, 6) is -1.12. The highest BCUT2D eigenvalue weighted by Crippen LogP contribution is 2.33. The highest BCUT2D eigenvalue weighted by Gasteiger charge is 2.19. The highest BCUT2D eigenvalue weighted by atomic mass is 16.5. The number of rotatable bonds is 6. The van der Waals surface area contributed by atoms with Crippen LogP contribution < -0.4 is 15.8 Å². The molecule has 2 aromatic carbocycles. The first-order chi connectivity index (χ1) is 13.8. The maximum absolute atomic E-state index is 12.3. The van der Waals surface area contributed by atoms with Gasteiger partial charge in [-0.25, -0.2) is 4.79 Å². The third kappa shape index (κ3) is 4.21. The van der Waals surface area contributed by atoms with Gasteiger partial charge in [0.25, 0.3) is 5.91 Å². The lowest BCUT2D eigenvalue weighted by atomic mass is 10.1. The molecule has 0 spiro atoms. The number of hydrogen-bond donors (Lipinski definition) is 4. The summed E-state index contributed by atoms with van der Waals surface area (Å²) >= 11 is 0. The van der Waals surface area contributed by atoms with Gasteiger partial charge in [0.2, 0.25) is 0 Å². The molecule has 0 aliphatic heterocycles. The number of nitrogens with two attached hydrogens (primary N) is 1. The fourth-order valence-corrected chi connectivity index (χ4v) is 3.04. The van der Waals surface area contributed by atoms with Crippen LogP contribution in [0, 0.1) is 6.92 Å². The molecule has 0 bridgehead atoms. The number of aromatic carboxylic acids is 1. The van der Waals surface area contributed by atoms with Gasteiger partial charge >= 0.3 is 5.97 Å². The number of phenolic OH excluding ortho intramolecular Hbond substituents is 1. The second-order valence-electron chi connectivity index (χ2n) is 6.68. The van der Waals surface area contributed by atoms with Gasteiger partial charge in [0, 0.05) is 5.56 Å². The van der Waals surface area contributed by atoms with Gasteiger partial charge in [-0.2, -0.15) is 0 Å². The van der Waals surface area contributed by atoms with Gasteiger partial charge < -0.3 is 26.0 Å². The molecule has 0 radical (unpaired) electrons. The zero-order chi connectivity index (χ0) is 21.1. The number of aromatic nitrogens is 1. The molecule has 0 aliphatic carbocycles. The number of aryl methyl sites for hydroxylation is 1.